The Labute approximate surface area is 169 Å². The second kappa shape index (κ2) is 9.08. The number of hydrogen-bond donors (Lipinski definition) is 1. The van der Waals surface area contributed by atoms with E-state index in [0.29, 0.717) is 11.5 Å². The molecule has 4 rings (SSSR count). The summed E-state index contributed by atoms with van der Waals surface area (Å²) >= 11 is 1.61. The minimum atomic E-state index is -0.0621. The Morgan fingerprint density at radius 3 is 2.75 bits per heavy atom. The van der Waals surface area contributed by atoms with E-state index in [1.165, 1.54) is 5.56 Å². The number of pyridine rings is 1. The predicted octanol–water partition coefficient (Wildman–Crippen LogP) is 3.92. The molecule has 3 aromatic rings. The average molecular weight is 393 g/mol. The topological polar surface area (TPSA) is 58.1 Å². The van der Waals surface area contributed by atoms with Crippen LogP contribution in [0, 0.1) is 5.92 Å². The van der Waals surface area contributed by atoms with E-state index in [1.54, 1.807) is 11.3 Å². The van der Waals surface area contributed by atoms with Gasteiger partial charge in [-0.05, 0) is 55.1 Å². The molecule has 0 bridgehead atoms. The third-order valence-corrected chi connectivity index (χ3v) is 6.07. The van der Waals surface area contributed by atoms with Crippen molar-refractivity contribution >= 4 is 17.2 Å². The largest absolute Gasteiger partial charge is 0.342 e. The van der Waals surface area contributed by atoms with Gasteiger partial charge in [-0.1, -0.05) is 18.2 Å². The van der Waals surface area contributed by atoms with Gasteiger partial charge in [0.2, 0.25) is 0 Å². The molecular formula is C22H24N4OS. The van der Waals surface area contributed by atoms with Crippen LogP contribution in [0.1, 0.15) is 39.8 Å². The fourth-order valence-corrected chi connectivity index (χ4v) is 4.62. The van der Waals surface area contributed by atoms with Crippen LogP contribution in [0.5, 0.6) is 0 Å². The summed E-state index contributed by atoms with van der Waals surface area (Å²) in [6.07, 6.45) is 7.72. The second-order valence-corrected chi connectivity index (χ2v) is 8.11. The Balaban J connectivity index is 1.49. The summed E-state index contributed by atoms with van der Waals surface area (Å²) in [6, 6.07) is 13.5. The summed E-state index contributed by atoms with van der Waals surface area (Å²) in [5.74, 6) is 0.307. The van der Waals surface area contributed by atoms with Gasteiger partial charge in [0.1, 0.15) is 5.01 Å². The highest BCUT2D eigenvalue weighted by molar-refractivity contribution is 7.09. The summed E-state index contributed by atoms with van der Waals surface area (Å²) in [4.78, 5) is 23.9. The van der Waals surface area contributed by atoms with E-state index in [9.17, 15) is 4.79 Å². The summed E-state index contributed by atoms with van der Waals surface area (Å²) in [5.41, 5.74) is 1.96. The Morgan fingerprint density at radius 1 is 1.18 bits per heavy atom. The normalized spacial score (nSPS) is 18.5. The SMILES string of the molecule is O=C(NC(c1nccs1)C1CCCN(Cc2ccncc2)C1)c1ccccc1. The van der Waals surface area contributed by atoms with Crippen molar-refractivity contribution in [2.75, 3.05) is 13.1 Å². The van der Waals surface area contributed by atoms with Crippen molar-refractivity contribution in [1.29, 1.82) is 0 Å². The average Bonchev–Trinajstić information content (AvgIpc) is 3.28. The van der Waals surface area contributed by atoms with Crippen LogP contribution in [-0.2, 0) is 6.54 Å². The van der Waals surface area contributed by atoms with Gasteiger partial charge < -0.3 is 5.32 Å². The van der Waals surface area contributed by atoms with Gasteiger partial charge in [-0.2, -0.15) is 0 Å². The third kappa shape index (κ3) is 4.64. The molecule has 1 fully saturated rings. The van der Waals surface area contributed by atoms with Crippen LogP contribution in [0.3, 0.4) is 0 Å². The van der Waals surface area contributed by atoms with Crippen LogP contribution in [0.4, 0.5) is 0 Å². The first kappa shape index (κ1) is 18.8. The number of nitrogens with zero attached hydrogens (tertiary/aromatic N) is 3. The van der Waals surface area contributed by atoms with E-state index in [4.69, 9.17) is 0 Å². The van der Waals surface area contributed by atoms with Gasteiger partial charge in [0.15, 0.2) is 0 Å². The highest BCUT2D eigenvalue weighted by Gasteiger charge is 2.31. The molecule has 2 atom stereocenters. The Morgan fingerprint density at radius 2 is 2.00 bits per heavy atom. The number of amides is 1. The minimum Gasteiger partial charge on any atom is -0.342 e. The molecule has 1 aliphatic rings. The maximum Gasteiger partial charge on any atom is 0.251 e. The molecule has 0 saturated carbocycles. The number of rotatable bonds is 6. The lowest BCUT2D eigenvalue weighted by molar-refractivity contribution is 0.0878. The number of piperidine rings is 1. The monoisotopic (exact) mass is 392 g/mol. The Bertz CT molecular complexity index is 870. The molecule has 5 nitrogen and oxygen atoms in total. The molecule has 28 heavy (non-hydrogen) atoms. The fourth-order valence-electron chi connectivity index (χ4n) is 3.84. The van der Waals surface area contributed by atoms with E-state index < -0.39 is 0 Å². The molecule has 2 unspecified atom stereocenters. The third-order valence-electron chi connectivity index (χ3n) is 5.21. The molecule has 1 N–H and O–H groups in total. The van der Waals surface area contributed by atoms with Crippen molar-refractivity contribution < 1.29 is 4.79 Å². The molecule has 3 heterocycles. The molecule has 2 aromatic heterocycles. The maximum atomic E-state index is 12.8. The van der Waals surface area contributed by atoms with Crippen LogP contribution in [0.25, 0.3) is 0 Å². The number of thiazole rings is 1. The first-order valence-electron chi connectivity index (χ1n) is 9.66. The van der Waals surface area contributed by atoms with Crippen LogP contribution >= 0.6 is 11.3 Å². The standard InChI is InChI=1S/C22H24N4OS/c27-21(18-5-2-1-3-6-18)25-20(22-24-12-14-28-22)19-7-4-13-26(16-19)15-17-8-10-23-11-9-17/h1-3,5-6,8-12,14,19-20H,4,7,13,15-16H2,(H,25,27). The quantitative estimate of drug-likeness (QED) is 0.691. The second-order valence-electron chi connectivity index (χ2n) is 7.18. The van der Waals surface area contributed by atoms with Gasteiger partial charge >= 0.3 is 0 Å². The molecule has 0 radical (unpaired) electrons. The van der Waals surface area contributed by atoms with Gasteiger partial charge in [-0.3, -0.25) is 14.7 Å². The lowest BCUT2D eigenvalue weighted by Crippen LogP contribution is -2.42. The van der Waals surface area contributed by atoms with Crippen molar-refractivity contribution in [1.82, 2.24) is 20.2 Å². The molecule has 144 valence electrons. The van der Waals surface area contributed by atoms with Gasteiger partial charge in [-0.25, -0.2) is 4.98 Å². The molecule has 1 saturated heterocycles. The molecule has 1 aromatic carbocycles. The van der Waals surface area contributed by atoms with Crippen molar-refractivity contribution in [2.24, 2.45) is 5.92 Å². The highest BCUT2D eigenvalue weighted by Crippen LogP contribution is 2.32. The summed E-state index contributed by atoms with van der Waals surface area (Å²) in [6.45, 7) is 2.94. The van der Waals surface area contributed by atoms with E-state index in [1.807, 2.05) is 54.3 Å². The molecular weight excluding hydrogens is 368 g/mol. The smallest absolute Gasteiger partial charge is 0.251 e. The zero-order chi connectivity index (χ0) is 19.2. The van der Waals surface area contributed by atoms with E-state index in [2.05, 4.69) is 32.3 Å². The molecule has 1 amide bonds. The molecule has 6 heteroatoms. The van der Waals surface area contributed by atoms with Crippen LogP contribution in [0.2, 0.25) is 0 Å². The zero-order valence-electron chi connectivity index (χ0n) is 15.7. The molecule has 0 spiro atoms. The lowest BCUT2D eigenvalue weighted by atomic mass is 9.90. The van der Waals surface area contributed by atoms with Crippen LogP contribution in [0.15, 0.2) is 66.4 Å². The van der Waals surface area contributed by atoms with E-state index in [-0.39, 0.29) is 11.9 Å². The number of hydrogen-bond acceptors (Lipinski definition) is 5. The number of aromatic nitrogens is 2. The van der Waals surface area contributed by atoms with Gasteiger partial charge in [-0.15, -0.1) is 11.3 Å². The van der Waals surface area contributed by atoms with Crippen LogP contribution < -0.4 is 5.32 Å². The zero-order valence-corrected chi connectivity index (χ0v) is 16.5. The number of carbonyl (C=O) groups is 1. The van der Waals surface area contributed by atoms with Crippen LogP contribution in [-0.4, -0.2) is 33.9 Å². The summed E-state index contributed by atoms with van der Waals surface area (Å²) in [7, 11) is 0. The Kier molecular flexibility index (Phi) is 6.09. The first-order valence-corrected chi connectivity index (χ1v) is 10.5. The predicted molar refractivity (Wildman–Crippen MR) is 111 cm³/mol. The maximum absolute atomic E-state index is 12.8. The number of benzene rings is 1. The minimum absolute atomic E-state index is 0.0351. The first-order chi connectivity index (χ1) is 13.8. The molecule has 1 aliphatic heterocycles. The van der Waals surface area contributed by atoms with E-state index >= 15 is 0 Å². The number of likely N-dealkylation sites (tertiary alicyclic amines) is 1. The Hall–Kier alpha value is -2.57. The van der Waals surface area contributed by atoms with Crippen molar-refractivity contribution in [3.8, 4) is 0 Å². The molecule has 0 aliphatic carbocycles. The highest BCUT2D eigenvalue weighted by atomic mass is 32.1. The van der Waals surface area contributed by atoms with Gasteiger partial charge in [0, 0.05) is 42.6 Å². The number of carbonyl (C=O) groups excluding carboxylic acids is 1. The van der Waals surface area contributed by atoms with Crippen molar-refractivity contribution in [3.05, 3.63) is 82.6 Å². The van der Waals surface area contributed by atoms with Crippen molar-refractivity contribution in [3.63, 3.8) is 0 Å². The van der Waals surface area contributed by atoms with Gasteiger partial charge in [0.25, 0.3) is 5.91 Å². The fraction of sp³-hybridized carbons (Fsp3) is 0.318. The van der Waals surface area contributed by atoms with Crippen molar-refractivity contribution in [2.45, 2.75) is 25.4 Å². The van der Waals surface area contributed by atoms with E-state index in [0.717, 1.165) is 37.5 Å². The number of nitrogens with one attached hydrogen (secondary N) is 1. The summed E-state index contributed by atoms with van der Waals surface area (Å²) in [5, 5.41) is 6.23. The van der Waals surface area contributed by atoms with Gasteiger partial charge in [0.05, 0.1) is 6.04 Å². The lowest BCUT2D eigenvalue weighted by Gasteiger charge is -2.36. The summed E-state index contributed by atoms with van der Waals surface area (Å²) < 4.78 is 0.